The van der Waals surface area contributed by atoms with Gasteiger partial charge in [-0.2, -0.15) is 0 Å². The van der Waals surface area contributed by atoms with E-state index in [4.69, 9.17) is 4.74 Å². The molecular weight excluding hydrogens is 260 g/mol. The Balaban J connectivity index is 2.55. The predicted molar refractivity (Wildman–Crippen MR) is 88.4 cm³/mol. The summed E-state index contributed by atoms with van der Waals surface area (Å²) in [5.74, 6) is 0. The molecule has 0 spiro atoms. The number of nitrogens with one attached hydrogen (secondary N) is 1. The van der Waals surface area contributed by atoms with E-state index in [2.05, 4.69) is 62.3 Å². The highest BCUT2D eigenvalue weighted by Crippen LogP contribution is 2.34. The fraction of sp³-hybridized carbons (Fsp3) is 0.500. The standard InChI is InChI=1S/C18H26N2O/c1-6-19-16(17(21-5)18(2,3)4)14-11-7-9-13-10-8-12-20-15(13)14/h7-12,16-17,19H,6H2,1-5H3. The summed E-state index contributed by atoms with van der Waals surface area (Å²) in [6.07, 6.45) is 1.93. The number of rotatable bonds is 5. The number of aromatic nitrogens is 1. The maximum absolute atomic E-state index is 5.84. The van der Waals surface area contributed by atoms with Gasteiger partial charge in [0.25, 0.3) is 0 Å². The molecule has 2 unspecified atom stereocenters. The summed E-state index contributed by atoms with van der Waals surface area (Å²) < 4.78 is 5.84. The number of benzene rings is 1. The highest BCUT2D eigenvalue weighted by atomic mass is 16.5. The molecule has 0 amide bonds. The van der Waals surface area contributed by atoms with Gasteiger partial charge < -0.3 is 10.1 Å². The van der Waals surface area contributed by atoms with Crippen molar-refractivity contribution in [2.45, 2.75) is 39.8 Å². The third-order valence-corrected chi connectivity index (χ3v) is 3.83. The maximum Gasteiger partial charge on any atom is 0.0814 e. The molecule has 2 aromatic rings. The van der Waals surface area contributed by atoms with E-state index >= 15 is 0 Å². The Labute approximate surface area is 127 Å². The SMILES string of the molecule is CCNC(c1cccc2cccnc12)C(OC)C(C)(C)C. The van der Waals surface area contributed by atoms with Crippen molar-refractivity contribution in [3.05, 3.63) is 42.1 Å². The molecule has 3 heteroatoms. The Morgan fingerprint density at radius 1 is 1.19 bits per heavy atom. The van der Waals surface area contributed by atoms with Crippen LogP contribution in [0, 0.1) is 5.41 Å². The molecule has 21 heavy (non-hydrogen) atoms. The lowest BCUT2D eigenvalue weighted by Gasteiger charge is -2.37. The van der Waals surface area contributed by atoms with Gasteiger partial charge in [0, 0.05) is 18.7 Å². The molecule has 1 heterocycles. The summed E-state index contributed by atoms with van der Waals surface area (Å²) in [4.78, 5) is 4.59. The summed E-state index contributed by atoms with van der Waals surface area (Å²) >= 11 is 0. The number of likely N-dealkylation sites (N-methyl/N-ethyl adjacent to an activating group) is 1. The monoisotopic (exact) mass is 286 g/mol. The van der Waals surface area contributed by atoms with Crippen molar-refractivity contribution in [2.24, 2.45) is 5.41 Å². The first-order valence-corrected chi connectivity index (χ1v) is 7.59. The fourth-order valence-corrected chi connectivity index (χ4v) is 2.97. The summed E-state index contributed by atoms with van der Waals surface area (Å²) in [5.41, 5.74) is 2.30. The van der Waals surface area contributed by atoms with Gasteiger partial charge in [0.15, 0.2) is 0 Å². The Hall–Kier alpha value is -1.45. The van der Waals surface area contributed by atoms with Crippen molar-refractivity contribution in [1.29, 1.82) is 0 Å². The molecule has 0 saturated heterocycles. The molecule has 1 aromatic heterocycles. The van der Waals surface area contributed by atoms with Crippen LogP contribution in [-0.2, 0) is 4.74 Å². The molecule has 0 saturated carbocycles. The van der Waals surface area contributed by atoms with Crippen LogP contribution in [0.2, 0.25) is 0 Å². The quantitative estimate of drug-likeness (QED) is 0.903. The molecule has 0 aliphatic heterocycles. The molecule has 2 atom stereocenters. The Kier molecular flexibility index (Phi) is 4.96. The smallest absolute Gasteiger partial charge is 0.0814 e. The van der Waals surface area contributed by atoms with Gasteiger partial charge in [-0.1, -0.05) is 52.0 Å². The highest BCUT2D eigenvalue weighted by Gasteiger charge is 2.33. The van der Waals surface area contributed by atoms with Gasteiger partial charge in [-0.15, -0.1) is 0 Å². The topological polar surface area (TPSA) is 34.2 Å². The molecule has 0 fully saturated rings. The third kappa shape index (κ3) is 3.42. The second-order valence-corrected chi connectivity index (χ2v) is 6.48. The van der Waals surface area contributed by atoms with Gasteiger partial charge in [-0.3, -0.25) is 4.98 Å². The molecule has 0 bridgehead atoms. The van der Waals surface area contributed by atoms with Crippen molar-refractivity contribution in [3.8, 4) is 0 Å². The number of ether oxygens (including phenoxy) is 1. The lowest BCUT2D eigenvalue weighted by molar-refractivity contribution is -0.0112. The Morgan fingerprint density at radius 2 is 1.90 bits per heavy atom. The Morgan fingerprint density at radius 3 is 2.52 bits per heavy atom. The van der Waals surface area contributed by atoms with Crippen LogP contribution in [0.5, 0.6) is 0 Å². The van der Waals surface area contributed by atoms with Gasteiger partial charge in [0.1, 0.15) is 0 Å². The number of hydrogen-bond donors (Lipinski definition) is 1. The maximum atomic E-state index is 5.84. The second kappa shape index (κ2) is 6.54. The average Bonchev–Trinajstić information content (AvgIpc) is 2.45. The van der Waals surface area contributed by atoms with Gasteiger partial charge >= 0.3 is 0 Å². The van der Waals surface area contributed by atoms with Crippen molar-refractivity contribution in [2.75, 3.05) is 13.7 Å². The number of methoxy groups -OCH3 is 1. The van der Waals surface area contributed by atoms with Gasteiger partial charge in [-0.25, -0.2) is 0 Å². The molecule has 1 N–H and O–H groups in total. The largest absolute Gasteiger partial charge is 0.379 e. The van der Waals surface area contributed by atoms with Crippen LogP contribution in [0.25, 0.3) is 10.9 Å². The van der Waals surface area contributed by atoms with E-state index in [1.807, 2.05) is 12.3 Å². The minimum absolute atomic E-state index is 0.0402. The summed E-state index contributed by atoms with van der Waals surface area (Å²) in [7, 11) is 1.79. The first-order chi connectivity index (χ1) is 9.99. The molecule has 0 aliphatic rings. The van der Waals surface area contributed by atoms with Crippen LogP contribution in [0.15, 0.2) is 36.5 Å². The minimum atomic E-state index is 0.0402. The van der Waals surface area contributed by atoms with Crippen LogP contribution >= 0.6 is 0 Å². The number of nitrogens with zero attached hydrogens (tertiary/aromatic N) is 1. The zero-order valence-corrected chi connectivity index (χ0v) is 13.7. The molecule has 2 rings (SSSR count). The number of hydrogen-bond acceptors (Lipinski definition) is 3. The number of fused-ring (bicyclic) bond motifs is 1. The van der Waals surface area contributed by atoms with E-state index in [-0.39, 0.29) is 17.6 Å². The van der Waals surface area contributed by atoms with Crippen molar-refractivity contribution in [3.63, 3.8) is 0 Å². The van der Waals surface area contributed by atoms with Crippen molar-refractivity contribution in [1.82, 2.24) is 10.3 Å². The van der Waals surface area contributed by atoms with Crippen molar-refractivity contribution >= 4 is 10.9 Å². The summed E-state index contributed by atoms with van der Waals surface area (Å²) in [6.45, 7) is 9.66. The lowest BCUT2D eigenvalue weighted by Crippen LogP contribution is -2.41. The van der Waals surface area contributed by atoms with Gasteiger partial charge in [-0.05, 0) is 23.6 Å². The van der Waals surface area contributed by atoms with Gasteiger partial charge in [0.2, 0.25) is 0 Å². The van der Waals surface area contributed by atoms with Crippen LogP contribution in [0.4, 0.5) is 0 Å². The first kappa shape index (κ1) is 15.9. The fourth-order valence-electron chi connectivity index (χ4n) is 2.97. The second-order valence-electron chi connectivity index (χ2n) is 6.48. The van der Waals surface area contributed by atoms with Gasteiger partial charge in [0.05, 0.1) is 17.7 Å². The lowest BCUT2D eigenvalue weighted by atomic mass is 9.81. The first-order valence-electron chi connectivity index (χ1n) is 7.59. The molecular formula is C18H26N2O. The van der Waals surface area contributed by atoms with E-state index in [9.17, 15) is 0 Å². The van der Waals surface area contributed by atoms with E-state index < -0.39 is 0 Å². The average molecular weight is 286 g/mol. The van der Waals surface area contributed by atoms with Crippen LogP contribution in [0.1, 0.15) is 39.3 Å². The Bertz CT molecular complexity index is 584. The molecule has 114 valence electrons. The number of pyridine rings is 1. The highest BCUT2D eigenvalue weighted by molar-refractivity contribution is 5.82. The van der Waals surface area contributed by atoms with E-state index in [0.717, 1.165) is 12.1 Å². The van der Waals surface area contributed by atoms with Crippen molar-refractivity contribution < 1.29 is 4.74 Å². The molecule has 3 nitrogen and oxygen atoms in total. The van der Waals surface area contributed by atoms with Crippen LogP contribution < -0.4 is 5.32 Å². The third-order valence-electron chi connectivity index (χ3n) is 3.83. The van der Waals surface area contributed by atoms with E-state index in [1.54, 1.807) is 7.11 Å². The van der Waals surface area contributed by atoms with E-state index in [0.29, 0.717) is 0 Å². The van der Waals surface area contributed by atoms with Crippen LogP contribution in [0.3, 0.4) is 0 Å². The molecule has 1 aromatic carbocycles. The predicted octanol–water partition coefficient (Wildman–Crippen LogP) is 3.95. The molecule has 0 aliphatic carbocycles. The number of para-hydroxylation sites is 1. The zero-order chi connectivity index (χ0) is 15.5. The minimum Gasteiger partial charge on any atom is -0.379 e. The van der Waals surface area contributed by atoms with E-state index in [1.165, 1.54) is 10.9 Å². The van der Waals surface area contributed by atoms with Crippen LogP contribution in [-0.4, -0.2) is 24.7 Å². The summed E-state index contributed by atoms with van der Waals surface area (Å²) in [6, 6.07) is 10.6. The summed E-state index contributed by atoms with van der Waals surface area (Å²) in [5, 5.41) is 4.75. The molecule has 0 radical (unpaired) electrons. The zero-order valence-electron chi connectivity index (χ0n) is 13.7. The normalized spacial score (nSPS) is 15.1.